The summed E-state index contributed by atoms with van der Waals surface area (Å²) < 4.78 is 30.6. The molecule has 0 atom stereocenters. The molecule has 0 radical (unpaired) electrons. The summed E-state index contributed by atoms with van der Waals surface area (Å²) >= 11 is 6.05. The van der Waals surface area contributed by atoms with Crippen LogP contribution in [0.5, 0.6) is 5.75 Å². The van der Waals surface area contributed by atoms with Gasteiger partial charge in [0.15, 0.2) is 0 Å². The molecule has 24 heavy (non-hydrogen) atoms. The average Bonchev–Trinajstić information content (AvgIpc) is 3.01. The van der Waals surface area contributed by atoms with Crippen LogP contribution in [0.15, 0.2) is 12.1 Å². The first-order chi connectivity index (χ1) is 11.2. The first-order valence-corrected chi connectivity index (χ1v) is 10.1. The van der Waals surface area contributed by atoms with Gasteiger partial charge in [0.05, 0.1) is 25.6 Å². The molecule has 0 aliphatic heterocycles. The molecule has 8 heteroatoms. The minimum Gasteiger partial charge on any atom is -0.495 e. The van der Waals surface area contributed by atoms with Crippen molar-refractivity contribution in [2.24, 2.45) is 0 Å². The summed E-state index contributed by atoms with van der Waals surface area (Å²) in [6, 6.07) is 3.23. The summed E-state index contributed by atoms with van der Waals surface area (Å²) in [4.78, 5) is 12.4. The fraction of sp³-hybridized carbons (Fsp3) is 0.562. The van der Waals surface area contributed by atoms with Gasteiger partial charge in [-0.3, -0.25) is 4.79 Å². The SMILES string of the molecule is COc1cc(Cl)c(C)cc1NC(=O)CN(C1CCCC1)S(C)(=O)=O. The van der Waals surface area contributed by atoms with Crippen molar-refractivity contribution in [1.29, 1.82) is 0 Å². The zero-order valence-corrected chi connectivity index (χ0v) is 15.7. The van der Waals surface area contributed by atoms with Crippen molar-refractivity contribution in [3.05, 3.63) is 22.7 Å². The van der Waals surface area contributed by atoms with Crippen LogP contribution in [0.2, 0.25) is 5.02 Å². The molecule has 1 saturated carbocycles. The number of hydrogen-bond donors (Lipinski definition) is 1. The van der Waals surface area contributed by atoms with E-state index in [0.717, 1.165) is 37.5 Å². The molecule has 1 aromatic rings. The maximum Gasteiger partial charge on any atom is 0.239 e. The van der Waals surface area contributed by atoms with E-state index in [1.807, 2.05) is 6.92 Å². The van der Waals surface area contributed by atoms with Crippen molar-refractivity contribution < 1.29 is 17.9 Å². The predicted octanol–water partition coefficient (Wildman–Crippen LogP) is 2.80. The quantitative estimate of drug-likeness (QED) is 0.830. The topological polar surface area (TPSA) is 75.7 Å². The van der Waals surface area contributed by atoms with Crippen LogP contribution >= 0.6 is 11.6 Å². The Balaban J connectivity index is 2.15. The number of hydrogen-bond acceptors (Lipinski definition) is 4. The number of halogens is 1. The zero-order chi connectivity index (χ0) is 17.9. The number of aryl methyl sites for hydroxylation is 1. The van der Waals surface area contributed by atoms with Gasteiger partial charge < -0.3 is 10.1 Å². The minimum absolute atomic E-state index is 0.0976. The van der Waals surface area contributed by atoms with E-state index in [-0.39, 0.29) is 12.6 Å². The summed E-state index contributed by atoms with van der Waals surface area (Å²) in [6.45, 7) is 1.62. The Morgan fingerprint density at radius 3 is 2.54 bits per heavy atom. The van der Waals surface area contributed by atoms with E-state index >= 15 is 0 Å². The average molecular weight is 375 g/mol. The van der Waals surface area contributed by atoms with Gasteiger partial charge in [-0.2, -0.15) is 4.31 Å². The van der Waals surface area contributed by atoms with Crippen LogP contribution in [-0.2, 0) is 14.8 Å². The number of methoxy groups -OCH3 is 1. The number of carbonyl (C=O) groups excluding carboxylic acids is 1. The smallest absolute Gasteiger partial charge is 0.239 e. The lowest BCUT2D eigenvalue weighted by atomic mass is 10.2. The monoisotopic (exact) mass is 374 g/mol. The molecule has 1 amide bonds. The predicted molar refractivity (Wildman–Crippen MR) is 95.2 cm³/mol. The number of carbonyl (C=O) groups is 1. The van der Waals surface area contributed by atoms with Gasteiger partial charge >= 0.3 is 0 Å². The molecule has 0 aromatic heterocycles. The normalized spacial score (nSPS) is 15.7. The van der Waals surface area contributed by atoms with Crippen LogP contribution in [0.4, 0.5) is 5.69 Å². The molecule has 0 unspecified atom stereocenters. The molecule has 1 N–H and O–H groups in total. The third-order valence-electron chi connectivity index (χ3n) is 4.21. The van der Waals surface area contributed by atoms with E-state index < -0.39 is 15.9 Å². The van der Waals surface area contributed by atoms with Crippen molar-refractivity contribution in [3.8, 4) is 5.75 Å². The van der Waals surface area contributed by atoms with Gasteiger partial charge in [0.2, 0.25) is 15.9 Å². The van der Waals surface area contributed by atoms with Crippen LogP contribution in [0.1, 0.15) is 31.2 Å². The molecule has 0 bridgehead atoms. The van der Waals surface area contributed by atoms with E-state index in [1.54, 1.807) is 12.1 Å². The molecule has 1 fully saturated rings. The van der Waals surface area contributed by atoms with E-state index in [1.165, 1.54) is 11.4 Å². The number of amides is 1. The Labute approximate surface area is 148 Å². The van der Waals surface area contributed by atoms with Crippen molar-refractivity contribution in [2.75, 3.05) is 25.2 Å². The van der Waals surface area contributed by atoms with Crippen molar-refractivity contribution in [1.82, 2.24) is 4.31 Å². The highest BCUT2D eigenvalue weighted by Crippen LogP contribution is 2.31. The third-order valence-corrected chi connectivity index (χ3v) is 5.90. The van der Waals surface area contributed by atoms with E-state index in [2.05, 4.69) is 5.32 Å². The highest BCUT2D eigenvalue weighted by atomic mass is 35.5. The Morgan fingerprint density at radius 1 is 1.38 bits per heavy atom. The Hall–Kier alpha value is -1.31. The summed E-state index contributed by atoms with van der Waals surface area (Å²) in [6.07, 6.45) is 4.71. The molecule has 1 aliphatic rings. The Kier molecular flexibility index (Phi) is 6.11. The molecular weight excluding hydrogens is 352 g/mol. The fourth-order valence-corrected chi connectivity index (χ4v) is 4.23. The molecule has 6 nitrogen and oxygen atoms in total. The third kappa shape index (κ3) is 4.62. The molecule has 0 spiro atoms. The van der Waals surface area contributed by atoms with Crippen molar-refractivity contribution in [3.63, 3.8) is 0 Å². The van der Waals surface area contributed by atoms with Crippen molar-refractivity contribution in [2.45, 2.75) is 38.6 Å². The van der Waals surface area contributed by atoms with E-state index in [9.17, 15) is 13.2 Å². The second kappa shape index (κ2) is 7.72. The molecule has 134 valence electrons. The van der Waals surface area contributed by atoms with Crippen LogP contribution in [-0.4, -0.2) is 44.6 Å². The Bertz CT molecular complexity index is 715. The first-order valence-electron chi connectivity index (χ1n) is 7.83. The zero-order valence-electron chi connectivity index (χ0n) is 14.1. The molecular formula is C16H23ClN2O4S. The van der Waals surface area contributed by atoms with E-state index in [4.69, 9.17) is 16.3 Å². The number of sulfonamides is 1. The number of ether oxygens (including phenoxy) is 1. The summed E-state index contributed by atoms with van der Waals surface area (Å²) in [5.74, 6) is 0.0399. The fourth-order valence-electron chi connectivity index (χ4n) is 2.97. The summed E-state index contributed by atoms with van der Waals surface area (Å²) in [7, 11) is -1.96. The number of benzene rings is 1. The molecule has 1 aliphatic carbocycles. The number of anilines is 1. The van der Waals surface area contributed by atoms with Crippen LogP contribution < -0.4 is 10.1 Å². The minimum atomic E-state index is -3.45. The highest BCUT2D eigenvalue weighted by Gasteiger charge is 2.31. The molecule has 1 aromatic carbocycles. The second-order valence-corrected chi connectivity index (χ2v) is 8.44. The number of rotatable bonds is 6. The van der Waals surface area contributed by atoms with Crippen molar-refractivity contribution >= 4 is 33.2 Å². The summed E-state index contributed by atoms with van der Waals surface area (Å²) in [5, 5.41) is 3.26. The lowest BCUT2D eigenvalue weighted by Crippen LogP contribution is -2.43. The highest BCUT2D eigenvalue weighted by molar-refractivity contribution is 7.88. The number of nitrogens with zero attached hydrogens (tertiary/aromatic N) is 1. The maximum absolute atomic E-state index is 12.4. The molecule has 2 rings (SSSR count). The van der Waals surface area contributed by atoms with Gasteiger partial charge in [-0.25, -0.2) is 8.42 Å². The summed E-state index contributed by atoms with van der Waals surface area (Å²) in [5.41, 5.74) is 1.27. The second-order valence-electron chi connectivity index (χ2n) is 6.10. The van der Waals surface area contributed by atoms with Gasteiger partial charge in [-0.15, -0.1) is 0 Å². The molecule has 0 saturated heterocycles. The molecule has 0 heterocycles. The lowest BCUT2D eigenvalue weighted by molar-refractivity contribution is -0.116. The maximum atomic E-state index is 12.4. The van der Waals surface area contributed by atoms with Gasteiger partial charge in [0, 0.05) is 17.1 Å². The largest absolute Gasteiger partial charge is 0.495 e. The van der Waals surface area contributed by atoms with Crippen LogP contribution in [0.25, 0.3) is 0 Å². The van der Waals surface area contributed by atoms with Crippen LogP contribution in [0.3, 0.4) is 0 Å². The lowest BCUT2D eigenvalue weighted by Gasteiger charge is -2.26. The standard InChI is InChI=1S/C16H23ClN2O4S/c1-11-8-14(15(23-2)9-13(11)17)18-16(20)10-19(24(3,21)22)12-6-4-5-7-12/h8-9,12H,4-7,10H2,1-3H3,(H,18,20). The van der Waals surface area contributed by atoms with Gasteiger partial charge in [0.25, 0.3) is 0 Å². The first kappa shape index (κ1) is 19.0. The number of nitrogens with one attached hydrogen (secondary N) is 1. The Morgan fingerprint density at radius 2 is 2.00 bits per heavy atom. The van der Waals surface area contributed by atoms with Crippen LogP contribution in [0, 0.1) is 6.92 Å². The van der Waals surface area contributed by atoms with E-state index in [0.29, 0.717) is 16.5 Å². The van der Waals surface area contributed by atoms with Gasteiger partial charge in [-0.1, -0.05) is 24.4 Å². The van der Waals surface area contributed by atoms with Gasteiger partial charge in [0.1, 0.15) is 5.75 Å². The van der Waals surface area contributed by atoms with Gasteiger partial charge in [-0.05, 0) is 31.4 Å².